The maximum Gasteiger partial charge on any atom is 0.345 e. The van der Waals surface area contributed by atoms with E-state index in [9.17, 15) is 9.59 Å². The molecule has 1 fully saturated rings. The van der Waals surface area contributed by atoms with Crippen molar-refractivity contribution in [2.24, 2.45) is 27.1 Å². The van der Waals surface area contributed by atoms with E-state index in [1.807, 2.05) is 14.0 Å². The van der Waals surface area contributed by atoms with E-state index in [-0.39, 0.29) is 23.6 Å². The predicted octanol–water partition coefficient (Wildman–Crippen LogP) is 0.692. The summed E-state index contributed by atoms with van der Waals surface area (Å²) in [5.41, 5.74) is 1.37. The standard InChI is InChI=1S/C17H26N6O2/c1-11-13(10-18-22(11)3)16(24)19-14-8-6-5-7-12(14)9-15-20-23(4)17(25)21(15)2/h10,12,14H,5-9H2,1-4H3,(H,19,24)/t12-,14-/m1/s1. The quantitative estimate of drug-likeness (QED) is 0.882. The Kier molecular flexibility index (Phi) is 4.78. The van der Waals surface area contributed by atoms with E-state index in [4.69, 9.17) is 0 Å². The molecule has 0 unspecified atom stereocenters. The lowest BCUT2D eigenvalue weighted by Gasteiger charge is -2.32. The highest BCUT2D eigenvalue weighted by Crippen LogP contribution is 2.27. The normalized spacial score (nSPS) is 20.6. The second-order valence-electron chi connectivity index (χ2n) is 6.98. The summed E-state index contributed by atoms with van der Waals surface area (Å²) in [7, 11) is 5.24. The number of rotatable bonds is 4. The Bertz CT molecular complexity index is 831. The third kappa shape index (κ3) is 3.38. The van der Waals surface area contributed by atoms with Gasteiger partial charge >= 0.3 is 5.69 Å². The molecule has 2 atom stereocenters. The first kappa shape index (κ1) is 17.4. The largest absolute Gasteiger partial charge is 0.349 e. The monoisotopic (exact) mass is 346 g/mol. The lowest BCUT2D eigenvalue weighted by molar-refractivity contribution is 0.0904. The van der Waals surface area contributed by atoms with Crippen molar-refractivity contribution < 1.29 is 4.79 Å². The summed E-state index contributed by atoms with van der Waals surface area (Å²) in [6, 6.07) is 0.0953. The Hall–Kier alpha value is -2.38. The summed E-state index contributed by atoms with van der Waals surface area (Å²) in [6.07, 6.45) is 6.55. The van der Waals surface area contributed by atoms with Gasteiger partial charge in [0.15, 0.2) is 0 Å². The lowest BCUT2D eigenvalue weighted by Crippen LogP contribution is -2.43. The predicted molar refractivity (Wildman–Crippen MR) is 93.3 cm³/mol. The summed E-state index contributed by atoms with van der Waals surface area (Å²) < 4.78 is 4.67. The van der Waals surface area contributed by atoms with E-state index < -0.39 is 0 Å². The number of amides is 1. The fraction of sp³-hybridized carbons (Fsp3) is 0.647. The van der Waals surface area contributed by atoms with Crippen LogP contribution >= 0.6 is 0 Å². The molecule has 0 aromatic carbocycles. The Morgan fingerprint density at radius 3 is 2.56 bits per heavy atom. The SMILES string of the molecule is Cc1c(C(=O)N[C@@H]2CCCC[C@@H]2Cc2nn(C)c(=O)n2C)cnn1C. The number of nitrogens with one attached hydrogen (secondary N) is 1. The zero-order valence-electron chi connectivity index (χ0n) is 15.3. The molecule has 8 nitrogen and oxygen atoms in total. The van der Waals surface area contributed by atoms with Crippen LogP contribution in [0.4, 0.5) is 0 Å². The van der Waals surface area contributed by atoms with Crippen LogP contribution in [0.15, 0.2) is 11.0 Å². The van der Waals surface area contributed by atoms with Gasteiger partial charge in [-0.15, -0.1) is 0 Å². The molecular weight excluding hydrogens is 320 g/mol. The van der Waals surface area contributed by atoms with Crippen LogP contribution in [0.25, 0.3) is 0 Å². The van der Waals surface area contributed by atoms with Gasteiger partial charge in [-0.1, -0.05) is 12.8 Å². The smallest absolute Gasteiger partial charge is 0.345 e. The maximum absolute atomic E-state index is 12.6. The molecule has 1 aliphatic carbocycles. The Labute approximate surface area is 146 Å². The van der Waals surface area contributed by atoms with E-state index in [0.29, 0.717) is 12.0 Å². The number of carbonyl (C=O) groups is 1. The zero-order chi connectivity index (χ0) is 18.1. The molecule has 1 N–H and O–H groups in total. The van der Waals surface area contributed by atoms with E-state index >= 15 is 0 Å². The van der Waals surface area contributed by atoms with Gasteiger partial charge in [0, 0.05) is 39.3 Å². The molecule has 2 aromatic rings. The van der Waals surface area contributed by atoms with Gasteiger partial charge < -0.3 is 5.32 Å². The van der Waals surface area contributed by atoms with Crippen molar-refractivity contribution in [1.29, 1.82) is 0 Å². The molecule has 8 heteroatoms. The molecular formula is C17H26N6O2. The first-order valence-corrected chi connectivity index (χ1v) is 8.77. The molecule has 0 spiro atoms. The minimum absolute atomic E-state index is 0.0718. The maximum atomic E-state index is 12.6. The number of carbonyl (C=O) groups excluding carboxylic acids is 1. The molecule has 0 bridgehead atoms. The first-order chi connectivity index (χ1) is 11.9. The average Bonchev–Trinajstić information content (AvgIpc) is 3.04. The van der Waals surface area contributed by atoms with Crippen LogP contribution < -0.4 is 11.0 Å². The third-order valence-electron chi connectivity index (χ3n) is 5.37. The highest BCUT2D eigenvalue weighted by molar-refractivity contribution is 5.95. The second-order valence-corrected chi connectivity index (χ2v) is 6.98. The molecule has 0 aliphatic heterocycles. The van der Waals surface area contributed by atoms with Gasteiger partial charge in [0.05, 0.1) is 11.8 Å². The van der Waals surface area contributed by atoms with Gasteiger partial charge in [-0.3, -0.25) is 14.0 Å². The summed E-state index contributed by atoms with van der Waals surface area (Å²) in [4.78, 5) is 24.5. The summed E-state index contributed by atoms with van der Waals surface area (Å²) in [5, 5.41) is 11.7. The highest BCUT2D eigenvalue weighted by Gasteiger charge is 2.29. The number of hydrogen-bond acceptors (Lipinski definition) is 4. The molecule has 2 heterocycles. The number of hydrogen-bond donors (Lipinski definition) is 1. The minimum Gasteiger partial charge on any atom is -0.349 e. The van der Waals surface area contributed by atoms with Crippen LogP contribution in [0.5, 0.6) is 0 Å². The van der Waals surface area contributed by atoms with Gasteiger partial charge in [0.1, 0.15) is 5.82 Å². The molecule has 0 radical (unpaired) electrons. The van der Waals surface area contributed by atoms with Gasteiger partial charge in [0.25, 0.3) is 5.91 Å². The van der Waals surface area contributed by atoms with E-state index in [2.05, 4.69) is 15.5 Å². The molecule has 0 saturated heterocycles. The van der Waals surface area contributed by atoms with Crippen LogP contribution in [0, 0.1) is 12.8 Å². The number of aromatic nitrogens is 5. The van der Waals surface area contributed by atoms with Crippen LogP contribution in [-0.2, 0) is 27.6 Å². The van der Waals surface area contributed by atoms with Crippen molar-refractivity contribution in [1.82, 2.24) is 29.4 Å². The van der Waals surface area contributed by atoms with Crippen molar-refractivity contribution in [2.45, 2.75) is 45.1 Å². The van der Waals surface area contributed by atoms with Gasteiger partial charge in [-0.05, 0) is 25.7 Å². The fourth-order valence-electron chi connectivity index (χ4n) is 3.63. The molecule has 3 rings (SSSR count). The average molecular weight is 346 g/mol. The van der Waals surface area contributed by atoms with Crippen molar-refractivity contribution in [3.8, 4) is 0 Å². The minimum atomic E-state index is -0.114. The van der Waals surface area contributed by atoms with Crippen LogP contribution in [0.3, 0.4) is 0 Å². The second kappa shape index (κ2) is 6.85. The summed E-state index contributed by atoms with van der Waals surface area (Å²) in [5.74, 6) is 0.990. The topological polar surface area (TPSA) is 86.7 Å². The Balaban J connectivity index is 1.74. The molecule has 2 aromatic heterocycles. The zero-order valence-corrected chi connectivity index (χ0v) is 15.3. The van der Waals surface area contributed by atoms with Crippen LogP contribution in [0.1, 0.15) is 47.6 Å². The summed E-state index contributed by atoms with van der Waals surface area (Å²) in [6.45, 7) is 1.89. The fourth-order valence-corrected chi connectivity index (χ4v) is 3.63. The van der Waals surface area contributed by atoms with Crippen molar-refractivity contribution in [2.75, 3.05) is 0 Å². The summed E-state index contributed by atoms with van der Waals surface area (Å²) >= 11 is 0. The molecule has 1 saturated carbocycles. The first-order valence-electron chi connectivity index (χ1n) is 8.77. The Morgan fingerprint density at radius 2 is 1.96 bits per heavy atom. The Morgan fingerprint density at radius 1 is 1.24 bits per heavy atom. The van der Waals surface area contributed by atoms with E-state index in [1.54, 1.807) is 29.5 Å². The van der Waals surface area contributed by atoms with E-state index in [1.165, 1.54) is 4.68 Å². The number of aryl methyl sites for hydroxylation is 2. The van der Waals surface area contributed by atoms with Gasteiger partial charge in [0.2, 0.25) is 0 Å². The van der Waals surface area contributed by atoms with Crippen LogP contribution in [0.2, 0.25) is 0 Å². The van der Waals surface area contributed by atoms with Crippen molar-refractivity contribution in [3.05, 3.63) is 33.8 Å². The third-order valence-corrected chi connectivity index (χ3v) is 5.37. The van der Waals surface area contributed by atoms with Crippen LogP contribution in [-0.4, -0.2) is 36.1 Å². The molecule has 25 heavy (non-hydrogen) atoms. The van der Waals surface area contributed by atoms with Crippen molar-refractivity contribution >= 4 is 5.91 Å². The molecule has 1 amide bonds. The lowest BCUT2D eigenvalue weighted by atomic mass is 9.82. The molecule has 136 valence electrons. The van der Waals surface area contributed by atoms with Crippen molar-refractivity contribution in [3.63, 3.8) is 0 Å². The van der Waals surface area contributed by atoms with Gasteiger partial charge in [-0.2, -0.15) is 10.2 Å². The number of nitrogens with zero attached hydrogens (tertiary/aromatic N) is 5. The van der Waals surface area contributed by atoms with E-state index in [0.717, 1.165) is 37.2 Å². The highest BCUT2D eigenvalue weighted by atomic mass is 16.2. The van der Waals surface area contributed by atoms with Gasteiger partial charge in [-0.25, -0.2) is 9.48 Å². The molecule has 1 aliphatic rings.